The Hall–Kier alpha value is -4.05. The van der Waals surface area contributed by atoms with E-state index in [1.165, 1.54) is 13.8 Å². The van der Waals surface area contributed by atoms with E-state index in [1.54, 1.807) is 14.2 Å². The number of rotatable bonds is 7. The number of nitriles is 1. The number of esters is 1. The topological polar surface area (TPSA) is 132 Å². The second kappa shape index (κ2) is 10.0. The molecule has 0 radical (unpaired) electrons. The van der Waals surface area contributed by atoms with E-state index >= 15 is 0 Å². The summed E-state index contributed by atoms with van der Waals surface area (Å²) in [6.45, 7) is 7.00. The summed E-state index contributed by atoms with van der Waals surface area (Å²) < 4.78 is 35.1. The standard InChI is InChI=1S/C31H34N4O8/c1-13-7-17-23(31(27(13)39-6)40-11-38-5)25-19-8-18-22(30-29(41-12-42-30)14(2)28(18)43-16(4)37)21(10-33-15(3)36)34(19)20(9-32)26-24(17)35(25)26/h7,19-21,24-26H,8,10-12H2,1-6H3,(H,33,36)/t19?,20-,21-,24?,25-,26?,35?/m0/s1. The van der Waals surface area contributed by atoms with Crippen molar-refractivity contribution >= 4 is 11.9 Å². The van der Waals surface area contributed by atoms with Gasteiger partial charge in [0.15, 0.2) is 29.8 Å². The molecule has 1 amide bonds. The van der Waals surface area contributed by atoms with E-state index in [0.717, 1.165) is 27.8 Å². The van der Waals surface area contributed by atoms with Crippen LogP contribution in [0.5, 0.6) is 28.7 Å². The minimum atomic E-state index is -0.464. The fraction of sp³-hybridized carbons (Fsp3) is 0.516. The highest BCUT2D eigenvalue weighted by Gasteiger charge is 2.71. The summed E-state index contributed by atoms with van der Waals surface area (Å²) in [6.07, 6.45) is 0.462. The fourth-order valence-corrected chi connectivity index (χ4v) is 8.04. The van der Waals surface area contributed by atoms with Gasteiger partial charge in [0.05, 0.1) is 37.3 Å². The maximum absolute atomic E-state index is 12.4. The molecular formula is C31H34N4O8. The normalized spacial score (nSPS) is 28.5. The number of piperazine rings is 1. The highest BCUT2D eigenvalue weighted by molar-refractivity contribution is 5.75. The molecule has 0 spiro atoms. The van der Waals surface area contributed by atoms with Crippen LogP contribution in [0.25, 0.3) is 0 Å². The van der Waals surface area contributed by atoms with Gasteiger partial charge in [-0.05, 0) is 31.4 Å². The third-order valence-electron chi connectivity index (χ3n) is 9.41. The summed E-state index contributed by atoms with van der Waals surface area (Å²) in [6, 6.07) is 3.46. The van der Waals surface area contributed by atoms with Gasteiger partial charge in [0, 0.05) is 55.8 Å². The summed E-state index contributed by atoms with van der Waals surface area (Å²) in [5.74, 6) is 2.17. The largest absolute Gasteiger partial charge is 0.493 e. The number of methoxy groups -OCH3 is 2. The van der Waals surface area contributed by atoms with Gasteiger partial charge >= 0.3 is 5.97 Å². The predicted molar refractivity (Wildman–Crippen MR) is 150 cm³/mol. The summed E-state index contributed by atoms with van der Waals surface area (Å²) in [7, 11) is 3.20. The van der Waals surface area contributed by atoms with Gasteiger partial charge in [-0.25, -0.2) is 0 Å². The van der Waals surface area contributed by atoms with Gasteiger partial charge in [0.1, 0.15) is 11.8 Å². The van der Waals surface area contributed by atoms with Crippen molar-refractivity contribution in [3.05, 3.63) is 39.4 Å². The summed E-state index contributed by atoms with van der Waals surface area (Å²) in [4.78, 5) is 29.2. The third-order valence-corrected chi connectivity index (χ3v) is 9.41. The Labute approximate surface area is 249 Å². The molecule has 2 fully saturated rings. The number of aryl methyl sites for hydroxylation is 1. The van der Waals surface area contributed by atoms with Crippen molar-refractivity contribution in [2.45, 2.75) is 70.4 Å². The molecule has 12 heteroatoms. The first-order valence-electron chi connectivity index (χ1n) is 14.4. The van der Waals surface area contributed by atoms with Crippen molar-refractivity contribution in [3.63, 3.8) is 0 Å². The number of carbonyl (C=O) groups is 2. The average molecular weight is 591 g/mol. The highest BCUT2D eigenvalue weighted by Crippen LogP contribution is 2.69. The molecule has 5 heterocycles. The van der Waals surface area contributed by atoms with Crippen molar-refractivity contribution in [2.75, 3.05) is 34.4 Å². The van der Waals surface area contributed by atoms with Crippen molar-refractivity contribution in [1.82, 2.24) is 15.1 Å². The molecule has 5 aliphatic heterocycles. The first-order valence-corrected chi connectivity index (χ1v) is 14.4. The smallest absolute Gasteiger partial charge is 0.308 e. The van der Waals surface area contributed by atoms with Crippen LogP contribution in [0.1, 0.15) is 65.4 Å². The number of ether oxygens (including phenoxy) is 6. The lowest BCUT2D eigenvalue weighted by Gasteiger charge is -2.52. The number of benzene rings is 2. The second-order valence-electron chi connectivity index (χ2n) is 11.7. The summed E-state index contributed by atoms with van der Waals surface area (Å²) in [5.41, 5.74) is 5.36. The van der Waals surface area contributed by atoms with Gasteiger partial charge in [-0.2, -0.15) is 5.26 Å². The summed E-state index contributed by atoms with van der Waals surface area (Å²) >= 11 is 0. The zero-order valence-electron chi connectivity index (χ0n) is 25.0. The Morgan fingerprint density at radius 2 is 1.84 bits per heavy atom. The number of amides is 1. The van der Waals surface area contributed by atoms with Gasteiger partial charge in [-0.3, -0.25) is 19.4 Å². The quantitative estimate of drug-likeness (QED) is 0.221. The summed E-state index contributed by atoms with van der Waals surface area (Å²) in [5, 5.41) is 13.7. The van der Waals surface area contributed by atoms with Crippen LogP contribution >= 0.6 is 0 Å². The molecule has 43 heavy (non-hydrogen) atoms. The monoisotopic (exact) mass is 590 g/mol. The fourth-order valence-electron chi connectivity index (χ4n) is 8.04. The van der Waals surface area contributed by atoms with Crippen LogP contribution < -0.4 is 29.0 Å². The number of nitrogens with one attached hydrogen (secondary N) is 1. The van der Waals surface area contributed by atoms with Crippen molar-refractivity contribution < 1.29 is 38.0 Å². The molecule has 2 saturated heterocycles. The van der Waals surface area contributed by atoms with Crippen molar-refractivity contribution in [3.8, 4) is 34.8 Å². The Balaban J connectivity index is 1.46. The molecular weight excluding hydrogens is 556 g/mol. The van der Waals surface area contributed by atoms with Crippen LogP contribution in [-0.4, -0.2) is 74.2 Å². The number of hydrogen-bond acceptors (Lipinski definition) is 11. The van der Waals surface area contributed by atoms with Crippen LogP contribution in [0.15, 0.2) is 6.07 Å². The number of carbonyl (C=O) groups excluding carboxylic acids is 2. The van der Waals surface area contributed by atoms with Crippen LogP contribution in [0, 0.1) is 25.2 Å². The molecule has 4 unspecified atom stereocenters. The first kappa shape index (κ1) is 27.8. The van der Waals surface area contributed by atoms with Gasteiger partial charge in [-0.1, -0.05) is 6.07 Å². The zero-order valence-corrected chi connectivity index (χ0v) is 25.0. The lowest BCUT2D eigenvalue weighted by molar-refractivity contribution is -0.132. The van der Waals surface area contributed by atoms with Crippen LogP contribution in [0.3, 0.4) is 0 Å². The maximum Gasteiger partial charge on any atom is 0.308 e. The molecule has 7 atom stereocenters. The molecule has 12 nitrogen and oxygen atoms in total. The molecule has 1 N–H and O–H groups in total. The Morgan fingerprint density at radius 3 is 2.51 bits per heavy atom. The minimum absolute atomic E-state index is 0.0257. The molecule has 0 saturated carbocycles. The van der Waals surface area contributed by atoms with Crippen LogP contribution in [-0.2, 0) is 20.7 Å². The van der Waals surface area contributed by atoms with Gasteiger partial charge in [-0.15, -0.1) is 0 Å². The van der Waals surface area contributed by atoms with Crippen LogP contribution in [0.4, 0.5) is 0 Å². The number of fused-ring (bicyclic) bond motifs is 9. The van der Waals surface area contributed by atoms with E-state index in [1.807, 2.05) is 13.8 Å². The van der Waals surface area contributed by atoms with Gasteiger partial charge in [0.2, 0.25) is 12.7 Å². The van der Waals surface area contributed by atoms with Gasteiger partial charge < -0.3 is 33.7 Å². The Bertz CT molecular complexity index is 1600. The van der Waals surface area contributed by atoms with E-state index < -0.39 is 18.1 Å². The van der Waals surface area contributed by atoms with E-state index in [-0.39, 0.29) is 50.2 Å². The average Bonchev–Trinajstić information content (AvgIpc) is 3.32. The van der Waals surface area contributed by atoms with E-state index in [0.29, 0.717) is 40.7 Å². The molecule has 5 aliphatic rings. The zero-order chi connectivity index (χ0) is 30.3. The number of hydrogen-bond donors (Lipinski definition) is 1. The minimum Gasteiger partial charge on any atom is -0.493 e. The Kier molecular flexibility index (Phi) is 6.46. The molecule has 226 valence electrons. The van der Waals surface area contributed by atoms with Gasteiger partial charge in [0.25, 0.3) is 0 Å². The molecule has 2 aromatic rings. The highest BCUT2D eigenvalue weighted by atomic mass is 16.7. The molecule has 0 aromatic heterocycles. The first-order chi connectivity index (χ1) is 20.7. The molecule has 7 rings (SSSR count). The number of nitrogens with zero attached hydrogens (tertiary/aromatic N) is 3. The molecule has 2 aromatic carbocycles. The Morgan fingerprint density at radius 1 is 1.07 bits per heavy atom. The van der Waals surface area contributed by atoms with Crippen LogP contribution in [0.2, 0.25) is 0 Å². The van der Waals surface area contributed by atoms with Crippen molar-refractivity contribution in [1.29, 1.82) is 5.26 Å². The lowest BCUT2D eigenvalue weighted by Crippen LogP contribution is -2.60. The molecule has 0 bridgehead atoms. The SMILES string of the molecule is COCOc1c(OC)c(C)cc2c1[C@@H]1C3Cc4c(OC(C)=O)c(C)c5c(c4[C@H](CNC(C)=O)N3[C@@H](C#N)C3C2N31)OCO5. The lowest BCUT2D eigenvalue weighted by atomic mass is 9.76. The van der Waals surface area contributed by atoms with E-state index in [9.17, 15) is 14.9 Å². The second-order valence-corrected chi connectivity index (χ2v) is 11.7. The molecule has 0 aliphatic carbocycles. The van der Waals surface area contributed by atoms with E-state index in [2.05, 4.69) is 27.3 Å². The third kappa shape index (κ3) is 3.84. The maximum atomic E-state index is 12.4. The van der Waals surface area contributed by atoms with Crippen molar-refractivity contribution in [2.24, 2.45) is 0 Å². The van der Waals surface area contributed by atoms with E-state index in [4.69, 9.17) is 28.4 Å². The predicted octanol–water partition coefficient (Wildman–Crippen LogP) is 2.74.